The molecule has 0 aliphatic carbocycles. The second kappa shape index (κ2) is 8.92. The van der Waals surface area contributed by atoms with E-state index in [0.29, 0.717) is 6.54 Å². The van der Waals surface area contributed by atoms with Crippen molar-refractivity contribution in [1.29, 1.82) is 0 Å². The van der Waals surface area contributed by atoms with Crippen LogP contribution in [0.2, 0.25) is 5.02 Å². The number of halogens is 1. The number of aromatic nitrogens is 2. The lowest BCUT2D eigenvalue weighted by Crippen LogP contribution is -2.32. The molecule has 0 fully saturated rings. The Balaban J connectivity index is 2.28. The highest BCUT2D eigenvalue weighted by molar-refractivity contribution is 6.33. The zero-order valence-electron chi connectivity index (χ0n) is 13.8. The Hall–Kier alpha value is -2.98. The number of amides is 1. The number of rotatable bonds is 8. The molecule has 2 aromatic rings. The fourth-order valence-electron chi connectivity index (χ4n) is 2.22. The highest BCUT2D eigenvalue weighted by Gasteiger charge is 2.26. The Morgan fingerprint density at radius 2 is 2.12 bits per heavy atom. The number of nitrogens with one attached hydrogen (secondary N) is 2. The van der Waals surface area contributed by atoms with Gasteiger partial charge in [0.15, 0.2) is 0 Å². The van der Waals surface area contributed by atoms with E-state index in [-0.39, 0.29) is 35.4 Å². The summed E-state index contributed by atoms with van der Waals surface area (Å²) in [5, 5.41) is 20.9. The molecule has 0 saturated carbocycles. The van der Waals surface area contributed by atoms with Crippen molar-refractivity contribution in [1.82, 2.24) is 15.4 Å². The Labute approximate surface area is 153 Å². The van der Waals surface area contributed by atoms with Crippen molar-refractivity contribution in [3.05, 3.63) is 51.3 Å². The van der Waals surface area contributed by atoms with Crippen molar-refractivity contribution in [2.24, 2.45) is 0 Å². The van der Waals surface area contributed by atoms with E-state index in [1.807, 2.05) is 0 Å². The Morgan fingerprint density at radius 3 is 2.73 bits per heavy atom. The second-order valence-electron chi connectivity index (χ2n) is 5.01. The van der Waals surface area contributed by atoms with Gasteiger partial charge in [0.1, 0.15) is 6.33 Å². The smallest absolute Gasteiger partial charge is 0.355 e. The minimum Gasteiger partial charge on any atom is -0.395 e. The van der Waals surface area contributed by atoms with Crippen molar-refractivity contribution in [2.45, 2.75) is 6.92 Å². The van der Waals surface area contributed by atoms with E-state index in [1.54, 1.807) is 25.1 Å². The van der Waals surface area contributed by atoms with Crippen LogP contribution in [-0.4, -0.2) is 45.6 Å². The maximum Gasteiger partial charge on any atom is 0.355 e. The van der Waals surface area contributed by atoms with Gasteiger partial charge in [-0.15, -0.1) is 0 Å². The van der Waals surface area contributed by atoms with Gasteiger partial charge in [0, 0.05) is 13.1 Å². The molecule has 26 heavy (non-hydrogen) atoms. The van der Waals surface area contributed by atoms with E-state index in [1.165, 1.54) is 11.0 Å². The number of carbonyl (C=O) groups is 1. The first-order valence-corrected chi connectivity index (χ1v) is 8.03. The van der Waals surface area contributed by atoms with Gasteiger partial charge in [-0.1, -0.05) is 23.7 Å². The van der Waals surface area contributed by atoms with Gasteiger partial charge in [-0.25, -0.2) is 9.97 Å². The topological polar surface area (TPSA) is 134 Å². The number of hydrogen-bond acceptors (Lipinski definition) is 8. The lowest BCUT2D eigenvalue weighted by atomic mass is 10.2. The quantitative estimate of drug-likeness (QED) is 0.464. The number of benzene rings is 1. The molecule has 0 atom stereocenters. The summed E-state index contributed by atoms with van der Waals surface area (Å²) in [6.07, 6.45) is 1.13. The fourth-order valence-corrected chi connectivity index (χ4v) is 2.45. The van der Waals surface area contributed by atoms with E-state index in [2.05, 4.69) is 20.8 Å². The van der Waals surface area contributed by atoms with Gasteiger partial charge in [0.25, 0.3) is 5.91 Å². The van der Waals surface area contributed by atoms with Crippen LogP contribution < -0.4 is 15.8 Å². The molecule has 1 aromatic carbocycles. The summed E-state index contributed by atoms with van der Waals surface area (Å²) in [6.45, 7) is 2.14. The molecular formula is C15H17ClN6O4. The zero-order chi connectivity index (χ0) is 19.1. The van der Waals surface area contributed by atoms with Crippen LogP contribution in [0.25, 0.3) is 0 Å². The Morgan fingerprint density at radius 1 is 1.38 bits per heavy atom. The molecule has 1 amide bonds. The number of aliphatic hydroxyl groups is 1. The molecule has 0 spiro atoms. The normalized spacial score (nSPS) is 10.3. The van der Waals surface area contributed by atoms with Crippen LogP contribution in [-0.2, 0) is 0 Å². The molecule has 10 nitrogen and oxygen atoms in total. The van der Waals surface area contributed by atoms with Gasteiger partial charge in [-0.2, -0.15) is 0 Å². The van der Waals surface area contributed by atoms with Crippen molar-refractivity contribution >= 4 is 34.8 Å². The Kier molecular flexibility index (Phi) is 6.64. The van der Waals surface area contributed by atoms with E-state index in [0.717, 1.165) is 6.33 Å². The minimum atomic E-state index is -0.653. The number of nitrogens with zero attached hydrogens (tertiary/aromatic N) is 4. The van der Waals surface area contributed by atoms with Crippen molar-refractivity contribution in [3.8, 4) is 0 Å². The summed E-state index contributed by atoms with van der Waals surface area (Å²) in [6, 6.07) is 6.38. The van der Waals surface area contributed by atoms with Crippen molar-refractivity contribution in [2.75, 3.05) is 30.0 Å². The van der Waals surface area contributed by atoms with Crippen molar-refractivity contribution in [3.63, 3.8) is 0 Å². The number of hydrogen-bond donors (Lipinski definition) is 3. The average molecular weight is 381 g/mol. The number of anilines is 2. The highest BCUT2D eigenvalue weighted by atomic mass is 35.5. The van der Waals surface area contributed by atoms with Crippen LogP contribution in [0.4, 0.5) is 17.3 Å². The average Bonchev–Trinajstić information content (AvgIpc) is 2.64. The highest BCUT2D eigenvalue weighted by Crippen LogP contribution is 2.31. The van der Waals surface area contributed by atoms with Gasteiger partial charge in [0.05, 0.1) is 22.1 Å². The summed E-state index contributed by atoms with van der Waals surface area (Å²) >= 11 is 5.95. The van der Waals surface area contributed by atoms with Gasteiger partial charge in [-0.05, 0) is 19.1 Å². The summed E-state index contributed by atoms with van der Waals surface area (Å²) in [7, 11) is 0. The lowest BCUT2D eigenvalue weighted by molar-refractivity contribution is -0.383. The number of hydrazine groups is 1. The summed E-state index contributed by atoms with van der Waals surface area (Å²) in [5.74, 6) is -0.722. The largest absolute Gasteiger partial charge is 0.395 e. The van der Waals surface area contributed by atoms with Crippen LogP contribution in [0.15, 0.2) is 30.6 Å². The number of aliphatic hydroxyl groups excluding tert-OH is 1. The SMILES string of the molecule is CCN(CCO)c1ncnc(NNC(=O)c2ccccc2Cl)c1[N+](=O)[O-]. The second-order valence-corrected chi connectivity index (χ2v) is 5.42. The first-order chi connectivity index (χ1) is 12.5. The van der Waals surface area contributed by atoms with Gasteiger partial charge in [-0.3, -0.25) is 25.8 Å². The molecule has 1 heterocycles. The maximum absolute atomic E-state index is 12.2. The number of carbonyl (C=O) groups excluding carboxylic acids is 1. The molecule has 0 bridgehead atoms. The Bertz CT molecular complexity index is 803. The molecule has 2 rings (SSSR count). The van der Waals surface area contributed by atoms with Crippen LogP contribution in [0, 0.1) is 10.1 Å². The number of likely N-dealkylation sites (N-methyl/N-ethyl adjacent to an activating group) is 1. The third-order valence-electron chi connectivity index (χ3n) is 3.45. The van der Waals surface area contributed by atoms with E-state index >= 15 is 0 Å². The lowest BCUT2D eigenvalue weighted by Gasteiger charge is -2.21. The fraction of sp³-hybridized carbons (Fsp3) is 0.267. The first-order valence-electron chi connectivity index (χ1n) is 7.65. The molecule has 0 radical (unpaired) electrons. The van der Waals surface area contributed by atoms with E-state index < -0.39 is 16.5 Å². The standard InChI is InChI=1S/C15H17ClN6O4/c1-2-21(7-8-23)14-12(22(25)26)13(17-9-18-14)19-20-15(24)10-5-3-4-6-11(10)16/h3-6,9,23H,2,7-8H2,1H3,(H,20,24)(H,17,18,19). The van der Waals surface area contributed by atoms with Gasteiger partial charge in [0.2, 0.25) is 11.6 Å². The molecule has 0 saturated heterocycles. The van der Waals surface area contributed by atoms with Crippen LogP contribution >= 0.6 is 11.6 Å². The van der Waals surface area contributed by atoms with Crippen LogP contribution in [0.5, 0.6) is 0 Å². The number of nitro groups is 1. The predicted octanol–water partition coefficient (Wildman–Crippen LogP) is 1.61. The third-order valence-corrected chi connectivity index (χ3v) is 3.78. The molecular weight excluding hydrogens is 364 g/mol. The molecule has 0 aliphatic heterocycles. The molecule has 3 N–H and O–H groups in total. The first kappa shape index (κ1) is 19.3. The van der Waals surface area contributed by atoms with Gasteiger partial charge < -0.3 is 10.0 Å². The zero-order valence-corrected chi connectivity index (χ0v) is 14.6. The van der Waals surface area contributed by atoms with E-state index in [4.69, 9.17) is 16.7 Å². The van der Waals surface area contributed by atoms with Crippen molar-refractivity contribution < 1.29 is 14.8 Å². The summed E-state index contributed by atoms with van der Waals surface area (Å²) in [5.41, 5.74) is 4.56. The molecule has 0 aliphatic rings. The molecule has 11 heteroatoms. The third kappa shape index (κ3) is 4.35. The summed E-state index contributed by atoms with van der Waals surface area (Å²) in [4.78, 5) is 32.3. The predicted molar refractivity (Wildman–Crippen MR) is 96.2 cm³/mol. The molecule has 1 aromatic heterocycles. The minimum absolute atomic E-state index is 0.0380. The van der Waals surface area contributed by atoms with Gasteiger partial charge >= 0.3 is 5.69 Å². The molecule has 138 valence electrons. The molecule has 0 unspecified atom stereocenters. The maximum atomic E-state index is 12.2. The van der Waals surface area contributed by atoms with Crippen LogP contribution in [0.1, 0.15) is 17.3 Å². The van der Waals surface area contributed by atoms with E-state index in [9.17, 15) is 14.9 Å². The van der Waals surface area contributed by atoms with Crippen LogP contribution in [0.3, 0.4) is 0 Å². The monoisotopic (exact) mass is 380 g/mol. The summed E-state index contributed by atoms with van der Waals surface area (Å²) < 4.78 is 0.